The van der Waals surface area contributed by atoms with E-state index in [2.05, 4.69) is 19.0 Å². The van der Waals surface area contributed by atoms with E-state index in [-0.39, 0.29) is 12.1 Å². The smallest absolute Gasteiger partial charge is 0.103 e. The van der Waals surface area contributed by atoms with Crippen LogP contribution in [0.1, 0.15) is 65.2 Å². The fourth-order valence-corrected chi connectivity index (χ4v) is 2.19. The third-order valence-electron chi connectivity index (χ3n) is 2.92. The molecule has 0 fully saturated rings. The highest BCUT2D eigenvalue weighted by atomic mass is 16.3. The molecule has 0 aromatic heterocycles. The van der Waals surface area contributed by atoms with Gasteiger partial charge >= 0.3 is 0 Å². The molecule has 0 bridgehead atoms. The summed E-state index contributed by atoms with van der Waals surface area (Å²) in [6, 6.07) is 0. The van der Waals surface area contributed by atoms with E-state index in [9.17, 15) is 4.91 Å². The summed E-state index contributed by atoms with van der Waals surface area (Å²) >= 11 is 0. The number of hydrogen-bond donors (Lipinski definition) is 1. The van der Waals surface area contributed by atoms with Gasteiger partial charge in [-0.25, -0.2) is 0 Å². The summed E-state index contributed by atoms with van der Waals surface area (Å²) in [5.41, 5.74) is -0.320. The van der Waals surface area contributed by atoms with Gasteiger partial charge in [0.2, 0.25) is 0 Å². The Morgan fingerprint density at radius 2 is 1.60 bits per heavy atom. The van der Waals surface area contributed by atoms with Gasteiger partial charge in [-0.05, 0) is 25.7 Å². The molecule has 0 unspecified atom stereocenters. The van der Waals surface area contributed by atoms with Crippen LogP contribution in [0.15, 0.2) is 5.18 Å². The van der Waals surface area contributed by atoms with Crippen LogP contribution in [0, 0.1) is 4.91 Å². The summed E-state index contributed by atoms with van der Waals surface area (Å²) in [6.07, 6.45) is 7.59. The van der Waals surface area contributed by atoms with Gasteiger partial charge in [0.1, 0.15) is 5.54 Å². The normalized spacial score (nSPS) is 11.7. The maximum Gasteiger partial charge on any atom is 0.103 e. The Labute approximate surface area is 93.2 Å². The summed E-state index contributed by atoms with van der Waals surface area (Å²) in [5.74, 6) is 0. The van der Waals surface area contributed by atoms with Crippen molar-refractivity contribution in [1.82, 2.24) is 0 Å². The number of aliphatic hydroxyl groups excluding tert-OH is 1. The van der Waals surface area contributed by atoms with Crippen molar-refractivity contribution in [3.8, 4) is 0 Å². The number of unbranched alkanes of at least 4 members (excludes halogenated alkanes) is 2. The van der Waals surface area contributed by atoms with Crippen molar-refractivity contribution in [3.63, 3.8) is 0 Å². The highest BCUT2D eigenvalue weighted by Crippen LogP contribution is 2.30. The molecule has 0 aromatic carbocycles. The lowest BCUT2D eigenvalue weighted by Gasteiger charge is -2.25. The van der Waals surface area contributed by atoms with Gasteiger partial charge in [-0.2, -0.15) is 4.91 Å². The fourth-order valence-electron chi connectivity index (χ4n) is 2.19. The first kappa shape index (κ1) is 14.6. The van der Waals surface area contributed by atoms with Gasteiger partial charge in [0.25, 0.3) is 0 Å². The molecular formula is C12H25NO2. The number of aliphatic hydroxyl groups is 1. The topological polar surface area (TPSA) is 49.7 Å². The average Bonchev–Trinajstić information content (AvgIpc) is 2.25. The van der Waals surface area contributed by atoms with Gasteiger partial charge in [-0.3, -0.25) is 0 Å². The molecule has 0 spiro atoms. The average molecular weight is 215 g/mol. The second-order valence-electron chi connectivity index (χ2n) is 4.35. The van der Waals surface area contributed by atoms with Crippen molar-refractivity contribution < 1.29 is 5.11 Å². The predicted molar refractivity (Wildman–Crippen MR) is 63.9 cm³/mol. The summed E-state index contributed by atoms with van der Waals surface area (Å²) in [5, 5.41) is 12.1. The molecule has 90 valence electrons. The summed E-state index contributed by atoms with van der Waals surface area (Å²) < 4.78 is 0. The van der Waals surface area contributed by atoms with Crippen LogP contribution in [-0.4, -0.2) is 17.3 Å². The maximum atomic E-state index is 11.0. The second kappa shape index (κ2) is 8.84. The highest BCUT2D eigenvalue weighted by Gasteiger charge is 2.28. The Hall–Kier alpha value is -0.440. The van der Waals surface area contributed by atoms with Gasteiger partial charge in [0.15, 0.2) is 0 Å². The SMILES string of the molecule is CCCC(CCC)(CCCCCO)N=O. The van der Waals surface area contributed by atoms with E-state index in [4.69, 9.17) is 5.11 Å². The minimum atomic E-state index is -0.320. The molecule has 3 nitrogen and oxygen atoms in total. The minimum absolute atomic E-state index is 0.253. The van der Waals surface area contributed by atoms with E-state index in [0.717, 1.165) is 51.4 Å². The lowest BCUT2D eigenvalue weighted by molar-refractivity contribution is 0.272. The molecule has 0 saturated carbocycles. The summed E-state index contributed by atoms with van der Waals surface area (Å²) in [4.78, 5) is 11.0. The molecule has 0 aliphatic carbocycles. The van der Waals surface area contributed by atoms with Crippen molar-refractivity contribution in [1.29, 1.82) is 0 Å². The zero-order valence-corrected chi connectivity index (χ0v) is 10.2. The van der Waals surface area contributed by atoms with E-state index in [0.29, 0.717) is 0 Å². The molecule has 1 N–H and O–H groups in total. The second-order valence-corrected chi connectivity index (χ2v) is 4.35. The van der Waals surface area contributed by atoms with E-state index in [1.54, 1.807) is 0 Å². The molecule has 0 aliphatic rings. The molecule has 0 radical (unpaired) electrons. The van der Waals surface area contributed by atoms with Crippen LogP contribution in [0.4, 0.5) is 0 Å². The Bertz CT molecular complexity index is 154. The lowest BCUT2D eigenvalue weighted by Crippen LogP contribution is -2.25. The van der Waals surface area contributed by atoms with E-state index < -0.39 is 0 Å². The molecule has 0 aliphatic heterocycles. The van der Waals surface area contributed by atoms with Crippen molar-refractivity contribution in [2.24, 2.45) is 5.18 Å². The largest absolute Gasteiger partial charge is 0.396 e. The van der Waals surface area contributed by atoms with Gasteiger partial charge in [-0.1, -0.05) is 44.7 Å². The zero-order valence-electron chi connectivity index (χ0n) is 10.2. The molecule has 0 atom stereocenters. The van der Waals surface area contributed by atoms with E-state index in [1.807, 2.05) is 0 Å². The quantitative estimate of drug-likeness (QED) is 0.446. The fraction of sp³-hybridized carbons (Fsp3) is 1.00. The van der Waals surface area contributed by atoms with Crippen LogP contribution < -0.4 is 0 Å². The Balaban J connectivity index is 4.02. The van der Waals surface area contributed by atoms with Crippen LogP contribution in [0.5, 0.6) is 0 Å². The van der Waals surface area contributed by atoms with E-state index in [1.165, 1.54) is 0 Å². The molecule has 0 saturated heterocycles. The van der Waals surface area contributed by atoms with Crippen LogP contribution in [0.25, 0.3) is 0 Å². The van der Waals surface area contributed by atoms with Crippen LogP contribution in [0.2, 0.25) is 0 Å². The molecule has 3 heteroatoms. The van der Waals surface area contributed by atoms with Crippen molar-refractivity contribution in [2.45, 2.75) is 70.8 Å². The van der Waals surface area contributed by atoms with Crippen LogP contribution in [0.3, 0.4) is 0 Å². The third-order valence-corrected chi connectivity index (χ3v) is 2.92. The molecule has 0 amide bonds. The highest BCUT2D eigenvalue weighted by molar-refractivity contribution is 4.86. The number of nitroso groups, excluding NO2 is 1. The Kier molecular flexibility index (Phi) is 8.58. The van der Waals surface area contributed by atoms with Gasteiger partial charge in [0, 0.05) is 6.61 Å². The van der Waals surface area contributed by atoms with Gasteiger partial charge in [0.05, 0.1) is 0 Å². The zero-order chi connectivity index (χ0) is 11.6. The first-order valence-electron chi connectivity index (χ1n) is 6.20. The molecular weight excluding hydrogens is 190 g/mol. The molecule has 15 heavy (non-hydrogen) atoms. The Morgan fingerprint density at radius 3 is 2.00 bits per heavy atom. The van der Waals surface area contributed by atoms with Gasteiger partial charge < -0.3 is 5.11 Å². The lowest BCUT2D eigenvalue weighted by atomic mass is 9.84. The van der Waals surface area contributed by atoms with Crippen molar-refractivity contribution in [3.05, 3.63) is 4.91 Å². The standard InChI is InChI=1S/C12H25NO2/c1-3-8-12(13-15,9-4-2)10-6-5-7-11-14/h14H,3-11H2,1-2H3. The summed E-state index contributed by atoms with van der Waals surface area (Å²) in [7, 11) is 0. The van der Waals surface area contributed by atoms with Gasteiger partial charge in [-0.15, -0.1) is 0 Å². The van der Waals surface area contributed by atoms with Crippen molar-refractivity contribution in [2.75, 3.05) is 6.61 Å². The number of rotatable bonds is 10. The minimum Gasteiger partial charge on any atom is -0.396 e. The first-order valence-corrected chi connectivity index (χ1v) is 6.20. The van der Waals surface area contributed by atoms with Crippen molar-refractivity contribution >= 4 is 0 Å². The molecule has 0 rings (SSSR count). The van der Waals surface area contributed by atoms with E-state index >= 15 is 0 Å². The number of hydrogen-bond acceptors (Lipinski definition) is 3. The predicted octanol–water partition coefficient (Wildman–Crippen LogP) is 3.64. The molecule has 0 heterocycles. The third kappa shape index (κ3) is 5.88. The van der Waals surface area contributed by atoms with Crippen LogP contribution in [-0.2, 0) is 0 Å². The monoisotopic (exact) mass is 215 g/mol. The number of nitrogens with zero attached hydrogens (tertiary/aromatic N) is 1. The Morgan fingerprint density at radius 1 is 1.00 bits per heavy atom. The first-order chi connectivity index (χ1) is 7.24. The van der Waals surface area contributed by atoms with Crippen LogP contribution >= 0.6 is 0 Å². The molecule has 0 aromatic rings. The summed E-state index contributed by atoms with van der Waals surface area (Å²) in [6.45, 7) is 4.45. The maximum absolute atomic E-state index is 11.0.